The maximum Gasteiger partial charge on any atom is 0.354 e. The number of carbonyl (C=O) groups is 2. The summed E-state index contributed by atoms with van der Waals surface area (Å²) in [7, 11) is 0. The van der Waals surface area contributed by atoms with Gasteiger partial charge in [-0.25, -0.2) is 9.78 Å². The lowest BCUT2D eigenvalue weighted by atomic mass is 10.1. The lowest BCUT2D eigenvalue weighted by Crippen LogP contribution is -2.35. The summed E-state index contributed by atoms with van der Waals surface area (Å²) in [6, 6.07) is 6.52. The Labute approximate surface area is 127 Å². The van der Waals surface area contributed by atoms with Crippen LogP contribution in [0.25, 0.3) is 0 Å². The molecule has 1 aliphatic rings. The number of amides is 1. The average Bonchev–Trinajstić information content (AvgIpc) is 3.19. The molecule has 1 unspecified atom stereocenters. The lowest BCUT2D eigenvalue weighted by Gasteiger charge is -2.28. The summed E-state index contributed by atoms with van der Waals surface area (Å²) >= 11 is 0. The first-order valence-electron chi connectivity index (χ1n) is 7.13. The summed E-state index contributed by atoms with van der Waals surface area (Å²) in [4.78, 5) is 29.2. The standard InChI is InChI=1S/C16H16N2O4/c1-10(14-3-2-8-22-14)18(12-5-6-12)15(19)11-4-7-13(16(20)21)17-9-11/h2-4,7-10,12H,5-6H2,1H3,(H,20,21). The van der Waals surface area contributed by atoms with E-state index in [4.69, 9.17) is 9.52 Å². The third-order valence-corrected chi connectivity index (χ3v) is 3.78. The molecule has 0 spiro atoms. The molecular weight excluding hydrogens is 284 g/mol. The molecule has 1 fully saturated rings. The van der Waals surface area contributed by atoms with Gasteiger partial charge in [-0.3, -0.25) is 4.79 Å². The van der Waals surface area contributed by atoms with Crippen LogP contribution in [-0.2, 0) is 0 Å². The van der Waals surface area contributed by atoms with Gasteiger partial charge in [0, 0.05) is 12.2 Å². The molecule has 1 atom stereocenters. The van der Waals surface area contributed by atoms with Gasteiger partial charge < -0.3 is 14.4 Å². The van der Waals surface area contributed by atoms with Crippen molar-refractivity contribution < 1.29 is 19.1 Å². The molecule has 22 heavy (non-hydrogen) atoms. The molecule has 1 N–H and O–H groups in total. The Balaban J connectivity index is 1.85. The second kappa shape index (κ2) is 5.63. The third kappa shape index (κ3) is 2.72. The summed E-state index contributed by atoms with van der Waals surface area (Å²) in [5.74, 6) is -0.534. The zero-order chi connectivity index (χ0) is 15.7. The quantitative estimate of drug-likeness (QED) is 0.918. The molecule has 6 heteroatoms. The first kappa shape index (κ1) is 14.3. The molecule has 0 bridgehead atoms. The zero-order valence-electron chi connectivity index (χ0n) is 12.1. The van der Waals surface area contributed by atoms with E-state index in [9.17, 15) is 9.59 Å². The smallest absolute Gasteiger partial charge is 0.354 e. The van der Waals surface area contributed by atoms with Gasteiger partial charge in [-0.05, 0) is 44.0 Å². The molecule has 2 aromatic rings. The summed E-state index contributed by atoms with van der Waals surface area (Å²) in [6.45, 7) is 1.92. The highest BCUT2D eigenvalue weighted by Crippen LogP contribution is 2.35. The second-order valence-electron chi connectivity index (χ2n) is 5.37. The number of carboxylic acids is 1. The van der Waals surface area contributed by atoms with Crippen LogP contribution in [0.2, 0.25) is 0 Å². The fourth-order valence-electron chi connectivity index (χ4n) is 2.47. The minimum Gasteiger partial charge on any atom is -0.477 e. The van der Waals surface area contributed by atoms with Crippen LogP contribution in [-0.4, -0.2) is 32.9 Å². The van der Waals surface area contributed by atoms with Crippen LogP contribution >= 0.6 is 0 Å². The molecule has 1 saturated carbocycles. The Kier molecular flexibility index (Phi) is 3.66. The average molecular weight is 300 g/mol. The van der Waals surface area contributed by atoms with Crippen molar-refractivity contribution in [3.05, 3.63) is 53.7 Å². The number of pyridine rings is 1. The molecule has 1 aliphatic carbocycles. The van der Waals surface area contributed by atoms with Crippen molar-refractivity contribution in [3.8, 4) is 0 Å². The summed E-state index contributed by atoms with van der Waals surface area (Å²) in [6.07, 6.45) is 4.84. The van der Waals surface area contributed by atoms with E-state index in [0.717, 1.165) is 18.6 Å². The van der Waals surface area contributed by atoms with E-state index < -0.39 is 5.97 Å². The predicted molar refractivity (Wildman–Crippen MR) is 77.5 cm³/mol. The highest BCUT2D eigenvalue weighted by atomic mass is 16.4. The SMILES string of the molecule is CC(c1ccco1)N(C(=O)c1ccc(C(=O)O)nc1)C1CC1. The van der Waals surface area contributed by atoms with Gasteiger partial charge in [-0.15, -0.1) is 0 Å². The molecule has 0 aliphatic heterocycles. The summed E-state index contributed by atoms with van der Waals surface area (Å²) in [5.41, 5.74) is 0.309. The van der Waals surface area contributed by atoms with Gasteiger partial charge >= 0.3 is 5.97 Å². The second-order valence-corrected chi connectivity index (χ2v) is 5.37. The maximum absolute atomic E-state index is 12.7. The van der Waals surface area contributed by atoms with Crippen molar-refractivity contribution >= 4 is 11.9 Å². The van der Waals surface area contributed by atoms with Crippen LogP contribution in [0, 0.1) is 0 Å². The van der Waals surface area contributed by atoms with Crippen molar-refractivity contribution in [3.63, 3.8) is 0 Å². The van der Waals surface area contributed by atoms with Gasteiger partial charge in [0.2, 0.25) is 0 Å². The van der Waals surface area contributed by atoms with E-state index in [2.05, 4.69) is 4.98 Å². The first-order valence-corrected chi connectivity index (χ1v) is 7.13. The molecule has 2 heterocycles. The lowest BCUT2D eigenvalue weighted by molar-refractivity contribution is 0.0647. The Morgan fingerprint density at radius 2 is 2.14 bits per heavy atom. The minimum atomic E-state index is -1.11. The topological polar surface area (TPSA) is 83.6 Å². The number of hydrogen-bond donors (Lipinski definition) is 1. The molecule has 0 aromatic carbocycles. The molecule has 2 aromatic heterocycles. The maximum atomic E-state index is 12.7. The van der Waals surface area contributed by atoms with Crippen molar-refractivity contribution in [1.29, 1.82) is 0 Å². The van der Waals surface area contributed by atoms with E-state index in [-0.39, 0.29) is 23.7 Å². The minimum absolute atomic E-state index is 0.0754. The van der Waals surface area contributed by atoms with Crippen LogP contribution < -0.4 is 0 Å². The highest BCUT2D eigenvalue weighted by Gasteiger charge is 2.37. The fourth-order valence-corrected chi connectivity index (χ4v) is 2.47. The first-order chi connectivity index (χ1) is 10.6. The number of nitrogens with zero attached hydrogens (tertiary/aromatic N) is 2. The van der Waals surface area contributed by atoms with E-state index in [1.807, 2.05) is 13.0 Å². The van der Waals surface area contributed by atoms with Gasteiger partial charge in [-0.1, -0.05) is 0 Å². The van der Waals surface area contributed by atoms with Crippen LogP contribution in [0.1, 0.15) is 52.4 Å². The van der Waals surface area contributed by atoms with E-state index >= 15 is 0 Å². The molecular formula is C16H16N2O4. The van der Waals surface area contributed by atoms with Gasteiger partial charge in [-0.2, -0.15) is 0 Å². The Hall–Kier alpha value is -2.63. The molecule has 0 saturated heterocycles. The van der Waals surface area contributed by atoms with Gasteiger partial charge in [0.1, 0.15) is 11.5 Å². The van der Waals surface area contributed by atoms with Gasteiger partial charge in [0.25, 0.3) is 5.91 Å². The van der Waals surface area contributed by atoms with Crippen molar-refractivity contribution in [2.75, 3.05) is 0 Å². The van der Waals surface area contributed by atoms with Crippen LogP contribution in [0.4, 0.5) is 0 Å². The summed E-state index contributed by atoms with van der Waals surface area (Å²) < 4.78 is 5.40. The van der Waals surface area contributed by atoms with E-state index in [0.29, 0.717) is 5.56 Å². The number of rotatable bonds is 5. The number of aromatic carboxylic acids is 1. The van der Waals surface area contributed by atoms with Crippen LogP contribution in [0.15, 0.2) is 41.1 Å². The summed E-state index contributed by atoms with van der Waals surface area (Å²) in [5, 5.41) is 8.86. The van der Waals surface area contributed by atoms with Crippen LogP contribution in [0.5, 0.6) is 0 Å². The fraction of sp³-hybridized carbons (Fsp3) is 0.312. The molecule has 0 radical (unpaired) electrons. The predicted octanol–water partition coefficient (Wildman–Crippen LogP) is 2.74. The van der Waals surface area contributed by atoms with E-state index in [1.165, 1.54) is 18.3 Å². The molecule has 3 rings (SSSR count). The van der Waals surface area contributed by atoms with Crippen molar-refractivity contribution in [2.45, 2.75) is 31.8 Å². The number of furan rings is 1. The molecule has 1 amide bonds. The van der Waals surface area contributed by atoms with Gasteiger partial charge in [0.15, 0.2) is 0 Å². The molecule has 114 valence electrons. The zero-order valence-corrected chi connectivity index (χ0v) is 12.1. The van der Waals surface area contributed by atoms with Crippen LogP contribution in [0.3, 0.4) is 0 Å². The Morgan fingerprint density at radius 1 is 1.36 bits per heavy atom. The molecule has 6 nitrogen and oxygen atoms in total. The van der Waals surface area contributed by atoms with Gasteiger partial charge in [0.05, 0.1) is 17.9 Å². The highest BCUT2D eigenvalue weighted by molar-refractivity contribution is 5.95. The number of carboxylic acid groups (broad SMARTS) is 1. The van der Waals surface area contributed by atoms with Crippen molar-refractivity contribution in [2.24, 2.45) is 0 Å². The number of aromatic nitrogens is 1. The number of hydrogen-bond acceptors (Lipinski definition) is 4. The largest absolute Gasteiger partial charge is 0.477 e. The number of carbonyl (C=O) groups excluding carboxylic acids is 1. The van der Waals surface area contributed by atoms with E-state index in [1.54, 1.807) is 17.2 Å². The monoisotopic (exact) mass is 300 g/mol. The Bertz CT molecular complexity index is 675. The van der Waals surface area contributed by atoms with Crippen molar-refractivity contribution in [1.82, 2.24) is 9.88 Å². The Morgan fingerprint density at radius 3 is 2.64 bits per heavy atom. The normalized spacial score (nSPS) is 15.3. The third-order valence-electron chi connectivity index (χ3n) is 3.78.